The van der Waals surface area contributed by atoms with Crippen LogP contribution in [0.25, 0.3) is 0 Å². The third kappa shape index (κ3) is 7.38. The monoisotopic (exact) mass is 395 g/mol. The van der Waals surface area contributed by atoms with Crippen molar-refractivity contribution in [1.29, 1.82) is 0 Å². The van der Waals surface area contributed by atoms with Crippen molar-refractivity contribution in [2.24, 2.45) is 0 Å². The molecule has 2 rings (SSSR count). The molecule has 0 radical (unpaired) electrons. The summed E-state index contributed by atoms with van der Waals surface area (Å²) in [6, 6.07) is 8.73. The minimum atomic E-state index is -0.203. The molecule has 0 saturated heterocycles. The van der Waals surface area contributed by atoms with Gasteiger partial charge in [0.05, 0.1) is 5.75 Å². The lowest BCUT2D eigenvalue weighted by Gasteiger charge is -2.19. The van der Waals surface area contributed by atoms with Crippen LogP contribution in [0.2, 0.25) is 0 Å². The molecule has 136 valence electrons. The maximum Gasteiger partial charge on any atom is 0.230 e. The van der Waals surface area contributed by atoms with Crippen molar-refractivity contribution >= 4 is 40.8 Å². The molecule has 1 amide bonds. The van der Waals surface area contributed by atoms with Gasteiger partial charge in [-0.3, -0.25) is 4.79 Å². The van der Waals surface area contributed by atoms with Crippen LogP contribution in [0.15, 0.2) is 32.9 Å². The summed E-state index contributed by atoms with van der Waals surface area (Å²) >= 11 is 4.66. The van der Waals surface area contributed by atoms with Gasteiger partial charge in [0.25, 0.3) is 0 Å². The van der Waals surface area contributed by atoms with E-state index >= 15 is 0 Å². The highest BCUT2D eigenvalue weighted by Crippen LogP contribution is 2.31. The van der Waals surface area contributed by atoms with Gasteiger partial charge in [-0.05, 0) is 37.8 Å². The summed E-state index contributed by atoms with van der Waals surface area (Å²) in [7, 11) is 0. The van der Waals surface area contributed by atoms with E-state index in [4.69, 9.17) is 0 Å². The maximum atomic E-state index is 11.8. The van der Waals surface area contributed by atoms with Gasteiger partial charge in [0.2, 0.25) is 5.91 Å². The van der Waals surface area contributed by atoms with Crippen LogP contribution >= 0.6 is 34.9 Å². The highest BCUT2D eigenvalue weighted by Gasteiger charge is 2.15. The summed E-state index contributed by atoms with van der Waals surface area (Å²) < 4.78 is 1.77. The summed E-state index contributed by atoms with van der Waals surface area (Å²) in [5.41, 5.74) is 2.44. The zero-order valence-electron chi connectivity index (χ0n) is 15.3. The Morgan fingerprint density at radius 3 is 2.28 bits per heavy atom. The Kier molecular flexibility index (Phi) is 7.34. The first-order chi connectivity index (χ1) is 11.7. The van der Waals surface area contributed by atoms with Gasteiger partial charge in [0.15, 0.2) is 8.68 Å². The average molecular weight is 396 g/mol. The number of aromatic nitrogens is 2. The third-order valence-corrected chi connectivity index (χ3v) is 6.50. The lowest BCUT2D eigenvalue weighted by atomic mass is 10.0. The normalized spacial score (nSPS) is 11.8. The molecule has 4 nitrogen and oxygen atoms in total. The van der Waals surface area contributed by atoms with Crippen LogP contribution in [0.4, 0.5) is 0 Å². The summed E-state index contributed by atoms with van der Waals surface area (Å²) in [4.78, 5) is 11.8. The van der Waals surface area contributed by atoms with E-state index in [2.05, 4.69) is 53.6 Å². The Hall–Kier alpha value is -1.05. The summed E-state index contributed by atoms with van der Waals surface area (Å²) in [5, 5.41) is 11.3. The van der Waals surface area contributed by atoms with Gasteiger partial charge in [0, 0.05) is 11.3 Å². The van der Waals surface area contributed by atoms with Gasteiger partial charge in [-0.2, -0.15) is 0 Å². The Morgan fingerprint density at radius 1 is 1.12 bits per heavy atom. The molecular weight excluding hydrogens is 370 g/mol. The summed E-state index contributed by atoms with van der Waals surface area (Å²) in [6.45, 7) is 10.3. The second-order valence-electron chi connectivity index (χ2n) is 7.11. The number of thioether (sulfide) groups is 2. The lowest BCUT2D eigenvalue weighted by Crippen LogP contribution is -2.41. The Balaban J connectivity index is 1.80. The molecule has 1 aromatic heterocycles. The molecule has 0 atom stereocenters. The number of hydrogen-bond donors (Lipinski definition) is 1. The van der Waals surface area contributed by atoms with E-state index in [0.29, 0.717) is 11.7 Å². The van der Waals surface area contributed by atoms with E-state index < -0.39 is 0 Å². The fourth-order valence-corrected chi connectivity index (χ4v) is 4.82. The summed E-state index contributed by atoms with van der Waals surface area (Å²) in [6.07, 6.45) is 0. The van der Waals surface area contributed by atoms with E-state index in [1.165, 1.54) is 22.9 Å². The summed E-state index contributed by atoms with van der Waals surface area (Å²) in [5.74, 6) is 1.82. The van der Waals surface area contributed by atoms with Crippen molar-refractivity contribution in [3.63, 3.8) is 0 Å². The first-order valence-corrected chi connectivity index (χ1v) is 11.0. The molecular formula is C18H25N3OS3. The number of carbonyl (C=O) groups is 1. The Morgan fingerprint density at radius 2 is 1.72 bits per heavy atom. The molecule has 0 saturated carbocycles. The van der Waals surface area contributed by atoms with Gasteiger partial charge in [-0.25, -0.2) is 0 Å². The number of rotatable bonds is 7. The molecule has 1 heterocycles. The van der Waals surface area contributed by atoms with E-state index in [9.17, 15) is 4.79 Å². The number of hydrogen-bond acceptors (Lipinski definition) is 6. The van der Waals surface area contributed by atoms with Crippen LogP contribution in [0.3, 0.4) is 0 Å². The van der Waals surface area contributed by atoms with E-state index in [1.54, 1.807) is 23.1 Å². The molecule has 0 fully saturated rings. The van der Waals surface area contributed by atoms with Gasteiger partial charge < -0.3 is 5.32 Å². The van der Waals surface area contributed by atoms with Crippen LogP contribution in [-0.2, 0) is 10.5 Å². The average Bonchev–Trinajstić information content (AvgIpc) is 2.98. The second kappa shape index (κ2) is 9.05. The van der Waals surface area contributed by atoms with Crippen molar-refractivity contribution in [3.05, 3.63) is 35.4 Å². The van der Waals surface area contributed by atoms with E-state index in [1.807, 2.05) is 20.8 Å². The predicted molar refractivity (Wildman–Crippen MR) is 109 cm³/mol. The van der Waals surface area contributed by atoms with Crippen LogP contribution in [-0.4, -0.2) is 27.4 Å². The number of benzene rings is 1. The van der Waals surface area contributed by atoms with Crippen LogP contribution in [0, 0.1) is 0 Å². The Labute approximate surface area is 162 Å². The molecule has 0 spiro atoms. The van der Waals surface area contributed by atoms with Crippen molar-refractivity contribution in [3.8, 4) is 0 Å². The zero-order valence-corrected chi connectivity index (χ0v) is 17.8. The van der Waals surface area contributed by atoms with Crippen LogP contribution < -0.4 is 5.32 Å². The molecule has 0 aliphatic heterocycles. The van der Waals surface area contributed by atoms with Crippen LogP contribution in [0.5, 0.6) is 0 Å². The number of nitrogens with zero attached hydrogens (tertiary/aromatic N) is 2. The molecule has 2 aromatic rings. The first-order valence-electron chi connectivity index (χ1n) is 8.22. The quantitative estimate of drug-likeness (QED) is 0.672. The van der Waals surface area contributed by atoms with E-state index in [-0.39, 0.29) is 11.4 Å². The van der Waals surface area contributed by atoms with Crippen molar-refractivity contribution < 1.29 is 4.79 Å². The molecule has 0 unspecified atom stereocenters. The Bertz CT molecular complexity index is 690. The van der Waals surface area contributed by atoms with Crippen molar-refractivity contribution in [2.75, 3.05) is 5.75 Å². The minimum Gasteiger partial charge on any atom is -0.351 e. The largest absolute Gasteiger partial charge is 0.351 e. The van der Waals surface area contributed by atoms with Crippen molar-refractivity contribution in [1.82, 2.24) is 15.5 Å². The highest BCUT2D eigenvalue weighted by atomic mass is 32.2. The standard InChI is InChI=1S/C18H25N3OS3/c1-12(2)14-8-6-13(7-9-14)10-23-16-20-21-17(25-16)24-11-15(22)19-18(3,4)5/h6-9,12H,10-11H2,1-5H3,(H,19,22). The molecule has 25 heavy (non-hydrogen) atoms. The van der Waals surface area contributed by atoms with Crippen molar-refractivity contribution in [2.45, 2.75) is 60.5 Å². The molecule has 0 aliphatic carbocycles. The van der Waals surface area contributed by atoms with Gasteiger partial charge in [-0.15, -0.1) is 10.2 Å². The van der Waals surface area contributed by atoms with Gasteiger partial charge in [-0.1, -0.05) is 73.0 Å². The van der Waals surface area contributed by atoms with Crippen LogP contribution in [0.1, 0.15) is 51.7 Å². The molecule has 1 N–H and O–H groups in total. The SMILES string of the molecule is CC(C)c1ccc(CSc2nnc(SCC(=O)NC(C)(C)C)s2)cc1. The smallest absolute Gasteiger partial charge is 0.230 e. The fourth-order valence-electron chi connectivity index (χ4n) is 2.04. The second-order valence-corrected chi connectivity index (χ2v) is 10.5. The number of carbonyl (C=O) groups excluding carboxylic acids is 1. The molecule has 0 bridgehead atoms. The van der Waals surface area contributed by atoms with Gasteiger partial charge >= 0.3 is 0 Å². The number of amides is 1. The topological polar surface area (TPSA) is 54.9 Å². The first kappa shape index (κ1) is 20.3. The van der Waals surface area contributed by atoms with E-state index in [0.717, 1.165) is 14.4 Å². The third-order valence-electron chi connectivity index (χ3n) is 3.24. The molecule has 1 aromatic carbocycles. The molecule has 7 heteroatoms. The fraction of sp³-hybridized carbons (Fsp3) is 0.500. The zero-order chi connectivity index (χ0) is 18.4. The molecule has 0 aliphatic rings. The predicted octanol–water partition coefficient (Wildman–Crippen LogP) is 4.96. The number of nitrogens with one attached hydrogen (secondary N) is 1. The maximum absolute atomic E-state index is 11.8. The highest BCUT2D eigenvalue weighted by molar-refractivity contribution is 8.03. The minimum absolute atomic E-state index is 0.0205. The lowest BCUT2D eigenvalue weighted by molar-refractivity contribution is -0.119. The van der Waals surface area contributed by atoms with Gasteiger partial charge in [0.1, 0.15) is 0 Å².